The number of carbonyl (C=O) groups is 1. The molecule has 0 bridgehead atoms. The average molecular weight is 413 g/mol. The number of amides is 1. The molecular weight excluding hydrogens is 390 g/mol. The van der Waals surface area contributed by atoms with Gasteiger partial charge in [-0.15, -0.1) is 10.2 Å². The molecule has 1 amide bonds. The Hall–Kier alpha value is -4.00. The summed E-state index contributed by atoms with van der Waals surface area (Å²) in [6.07, 6.45) is 2.55. The van der Waals surface area contributed by atoms with Crippen LogP contribution in [0.3, 0.4) is 0 Å². The normalized spacial score (nSPS) is 11.7. The van der Waals surface area contributed by atoms with Gasteiger partial charge in [-0.1, -0.05) is 37.3 Å². The van der Waals surface area contributed by atoms with Crippen LogP contribution in [-0.2, 0) is 4.79 Å². The van der Waals surface area contributed by atoms with Crippen LogP contribution in [0.2, 0.25) is 0 Å². The van der Waals surface area contributed by atoms with Gasteiger partial charge in [0.2, 0.25) is 11.8 Å². The summed E-state index contributed by atoms with van der Waals surface area (Å²) in [6.45, 7) is 3.92. The topological polar surface area (TPSA) is 81.9 Å². The third kappa shape index (κ3) is 4.95. The first-order chi connectivity index (χ1) is 15.1. The van der Waals surface area contributed by atoms with Crippen LogP contribution in [0.15, 0.2) is 79.0 Å². The van der Waals surface area contributed by atoms with E-state index in [9.17, 15) is 4.79 Å². The van der Waals surface area contributed by atoms with Crippen LogP contribution in [0.25, 0.3) is 5.82 Å². The van der Waals surface area contributed by atoms with E-state index in [4.69, 9.17) is 4.74 Å². The van der Waals surface area contributed by atoms with E-state index in [1.165, 1.54) is 0 Å². The minimum Gasteiger partial charge on any atom is -0.438 e. The van der Waals surface area contributed by atoms with E-state index in [-0.39, 0.29) is 11.8 Å². The van der Waals surface area contributed by atoms with Gasteiger partial charge in [0.1, 0.15) is 5.75 Å². The Morgan fingerprint density at radius 1 is 1.00 bits per heavy atom. The molecule has 31 heavy (non-hydrogen) atoms. The highest BCUT2D eigenvalue weighted by Gasteiger charge is 2.18. The Kier molecular flexibility index (Phi) is 6.03. The number of rotatable bonds is 7. The molecule has 0 aliphatic carbocycles. The molecule has 4 aromatic rings. The first kappa shape index (κ1) is 20.3. The Bertz CT molecular complexity index is 1140. The van der Waals surface area contributed by atoms with Crippen LogP contribution >= 0.6 is 0 Å². The van der Waals surface area contributed by atoms with Crippen molar-refractivity contribution in [3.63, 3.8) is 0 Å². The molecule has 1 atom stereocenters. The van der Waals surface area contributed by atoms with Gasteiger partial charge in [-0.05, 0) is 55.3 Å². The zero-order chi connectivity index (χ0) is 21.6. The minimum absolute atomic E-state index is 0.0299. The molecule has 7 heteroatoms. The molecule has 0 aliphatic rings. The molecule has 2 aromatic carbocycles. The lowest BCUT2D eigenvalue weighted by molar-refractivity contribution is -0.117. The van der Waals surface area contributed by atoms with Crippen molar-refractivity contribution in [1.82, 2.24) is 20.0 Å². The number of ether oxygens (including phenoxy) is 1. The van der Waals surface area contributed by atoms with Crippen molar-refractivity contribution in [1.29, 1.82) is 0 Å². The summed E-state index contributed by atoms with van der Waals surface area (Å²) < 4.78 is 7.41. The molecule has 0 saturated carbocycles. The first-order valence-corrected chi connectivity index (χ1v) is 10.1. The third-order valence-corrected chi connectivity index (χ3v) is 4.85. The van der Waals surface area contributed by atoms with Crippen LogP contribution in [-0.4, -0.2) is 25.9 Å². The van der Waals surface area contributed by atoms with Crippen molar-refractivity contribution in [3.8, 4) is 17.4 Å². The smallest absolute Gasteiger partial charge is 0.238 e. The number of nitrogens with zero attached hydrogens (tertiary/aromatic N) is 4. The van der Waals surface area contributed by atoms with Crippen LogP contribution < -0.4 is 10.1 Å². The average Bonchev–Trinajstić information content (AvgIpc) is 3.23. The van der Waals surface area contributed by atoms with E-state index in [0.717, 1.165) is 17.7 Å². The summed E-state index contributed by atoms with van der Waals surface area (Å²) in [5, 5.41) is 15.5. The monoisotopic (exact) mass is 413 g/mol. The van der Waals surface area contributed by atoms with Crippen molar-refractivity contribution < 1.29 is 9.53 Å². The molecule has 156 valence electrons. The lowest BCUT2D eigenvalue weighted by Crippen LogP contribution is -2.20. The number of nitrogens with one attached hydrogen (secondary N) is 1. The van der Waals surface area contributed by atoms with Gasteiger partial charge in [-0.3, -0.25) is 4.79 Å². The maximum absolute atomic E-state index is 12.7. The van der Waals surface area contributed by atoms with Crippen LogP contribution in [0.5, 0.6) is 11.6 Å². The fraction of sp³-hybridized carbons (Fsp3) is 0.167. The summed E-state index contributed by atoms with van der Waals surface area (Å²) >= 11 is 0. The van der Waals surface area contributed by atoms with E-state index in [2.05, 4.69) is 20.6 Å². The number of benzene rings is 2. The Labute approximate surface area is 180 Å². The van der Waals surface area contributed by atoms with Gasteiger partial charge in [-0.2, -0.15) is 5.10 Å². The zero-order valence-corrected chi connectivity index (χ0v) is 17.4. The molecular formula is C24H23N5O2. The van der Waals surface area contributed by atoms with Crippen molar-refractivity contribution in [2.75, 3.05) is 5.32 Å². The molecule has 1 unspecified atom stereocenters. The second-order valence-corrected chi connectivity index (χ2v) is 7.12. The molecule has 4 rings (SSSR count). The van der Waals surface area contributed by atoms with Crippen LogP contribution in [0, 0.1) is 6.92 Å². The van der Waals surface area contributed by atoms with Crippen LogP contribution in [0.1, 0.15) is 30.5 Å². The summed E-state index contributed by atoms with van der Waals surface area (Å²) in [7, 11) is 0. The van der Waals surface area contributed by atoms with Crippen molar-refractivity contribution in [3.05, 3.63) is 90.3 Å². The number of aryl methyl sites for hydroxylation is 1. The fourth-order valence-corrected chi connectivity index (χ4v) is 3.25. The van der Waals surface area contributed by atoms with E-state index < -0.39 is 0 Å². The maximum atomic E-state index is 12.7. The van der Waals surface area contributed by atoms with E-state index in [1.807, 2.05) is 56.4 Å². The van der Waals surface area contributed by atoms with Crippen molar-refractivity contribution in [2.45, 2.75) is 26.2 Å². The Morgan fingerprint density at radius 2 is 1.77 bits per heavy atom. The second-order valence-electron chi connectivity index (χ2n) is 7.12. The molecule has 0 fully saturated rings. The standard InChI is InChI=1S/C24H23N5O2/c1-3-21(18-7-5-4-6-8-18)24(30)25-19-9-11-20(12-10-19)31-23-14-13-22(26-27-23)29-16-15-17(2)28-29/h4-16,21H,3H2,1-2H3,(H,25,30). The van der Waals surface area contributed by atoms with Crippen molar-refractivity contribution >= 4 is 11.6 Å². The number of anilines is 1. The molecule has 2 heterocycles. The summed E-state index contributed by atoms with van der Waals surface area (Å²) in [4.78, 5) is 12.7. The highest BCUT2D eigenvalue weighted by atomic mass is 16.5. The van der Waals surface area contributed by atoms with Gasteiger partial charge >= 0.3 is 0 Å². The molecule has 0 spiro atoms. The number of hydrogen-bond donors (Lipinski definition) is 1. The summed E-state index contributed by atoms with van der Waals surface area (Å²) in [5.74, 6) is 1.37. The molecule has 1 N–H and O–H groups in total. The SMILES string of the molecule is CCC(C(=O)Nc1ccc(Oc2ccc(-n3ccc(C)n3)nn2)cc1)c1ccccc1. The predicted molar refractivity (Wildman–Crippen MR) is 119 cm³/mol. The van der Waals surface area contributed by atoms with Crippen molar-refractivity contribution in [2.24, 2.45) is 0 Å². The van der Waals surface area contributed by atoms with E-state index >= 15 is 0 Å². The Balaban J connectivity index is 1.38. The highest BCUT2D eigenvalue weighted by Crippen LogP contribution is 2.24. The van der Waals surface area contributed by atoms with Crippen LogP contribution in [0.4, 0.5) is 5.69 Å². The lowest BCUT2D eigenvalue weighted by Gasteiger charge is -2.15. The fourth-order valence-electron chi connectivity index (χ4n) is 3.25. The quantitative estimate of drug-likeness (QED) is 0.466. The Morgan fingerprint density at radius 3 is 2.39 bits per heavy atom. The molecule has 0 saturated heterocycles. The largest absolute Gasteiger partial charge is 0.438 e. The van der Waals surface area contributed by atoms with Gasteiger partial charge in [-0.25, -0.2) is 4.68 Å². The first-order valence-electron chi connectivity index (χ1n) is 10.1. The second kappa shape index (κ2) is 9.21. The zero-order valence-electron chi connectivity index (χ0n) is 17.4. The van der Waals surface area contributed by atoms with E-state index in [1.54, 1.807) is 41.1 Å². The lowest BCUT2D eigenvalue weighted by atomic mass is 9.95. The molecule has 7 nitrogen and oxygen atoms in total. The van der Waals surface area contributed by atoms with Gasteiger partial charge in [0.15, 0.2) is 5.82 Å². The summed E-state index contributed by atoms with van der Waals surface area (Å²) in [5.41, 5.74) is 2.63. The highest BCUT2D eigenvalue weighted by molar-refractivity contribution is 5.95. The third-order valence-electron chi connectivity index (χ3n) is 4.85. The van der Waals surface area contributed by atoms with Gasteiger partial charge in [0, 0.05) is 18.0 Å². The van der Waals surface area contributed by atoms with Gasteiger partial charge in [0.25, 0.3) is 0 Å². The summed E-state index contributed by atoms with van der Waals surface area (Å²) in [6, 6.07) is 22.4. The molecule has 0 aliphatic heterocycles. The number of carbonyl (C=O) groups excluding carboxylic acids is 1. The van der Waals surface area contributed by atoms with Gasteiger partial charge in [0.05, 0.1) is 11.6 Å². The predicted octanol–water partition coefficient (Wildman–Crippen LogP) is 4.90. The minimum atomic E-state index is -0.190. The molecule has 2 aromatic heterocycles. The van der Waals surface area contributed by atoms with E-state index in [0.29, 0.717) is 23.1 Å². The maximum Gasteiger partial charge on any atom is 0.238 e. The number of aromatic nitrogens is 4. The molecule has 0 radical (unpaired) electrons. The van der Waals surface area contributed by atoms with Gasteiger partial charge < -0.3 is 10.1 Å². The number of hydrogen-bond acceptors (Lipinski definition) is 5.